The molecule has 0 bridgehead atoms. The molecule has 1 aromatic rings. The van der Waals surface area contributed by atoms with Crippen molar-refractivity contribution >= 4 is 11.6 Å². The minimum Gasteiger partial charge on any atom is -0.496 e. The maximum absolute atomic E-state index is 12.2. The lowest BCUT2D eigenvalue weighted by atomic mass is 10.2. The van der Waals surface area contributed by atoms with Gasteiger partial charge in [-0.2, -0.15) is 13.2 Å². The number of ether oxygens (including phenoxy) is 1. The SMILES string of the molecule is COc1cc(Cl)ccc1C(F)(F)F. The van der Waals surface area contributed by atoms with Crippen molar-refractivity contribution in [2.75, 3.05) is 7.11 Å². The van der Waals surface area contributed by atoms with E-state index in [0.717, 1.165) is 12.1 Å². The Hall–Kier alpha value is -0.900. The van der Waals surface area contributed by atoms with Crippen LogP contribution < -0.4 is 4.74 Å². The molecule has 0 spiro atoms. The fourth-order valence-electron chi connectivity index (χ4n) is 0.899. The Labute approximate surface area is 78.1 Å². The fraction of sp³-hybridized carbons (Fsp3) is 0.250. The smallest absolute Gasteiger partial charge is 0.419 e. The number of hydrogen-bond donors (Lipinski definition) is 0. The topological polar surface area (TPSA) is 9.23 Å². The predicted octanol–water partition coefficient (Wildman–Crippen LogP) is 3.37. The van der Waals surface area contributed by atoms with Crippen LogP contribution in [-0.2, 0) is 6.18 Å². The summed E-state index contributed by atoms with van der Waals surface area (Å²) >= 11 is 5.50. The van der Waals surface area contributed by atoms with E-state index in [2.05, 4.69) is 4.74 Å². The average Bonchev–Trinajstić information content (AvgIpc) is 2.01. The van der Waals surface area contributed by atoms with Gasteiger partial charge in [0.25, 0.3) is 0 Å². The van der Waals surface area contributed by atoms with Gasteiger partial charge in [-0.25, -0.2) is 0 Å². The van der Waals surface area contributed by atoms with Crippen molar-refractivity contribution in [3.8, 4) is 5.75 Å². The van der Waals surface area contributed by atoms with Crippen molar-refractivity contribution in [3.63, 3.8) is 0 Å². The van der Waals surface area contributed by atoms with Gasteiger partial charge in [-0.15, -0.1) is 0 Å². The highest BCUT2D eigenvalue weighted by Gasteiger charge is 2.34. The van der Waals surface area contributed by atoms with Gasteiger partial charge in [-0.05, 0) is 18.2 Å². The van der Waals surface area contributed by atoms with Crippen molar-refractivity contribution in [2.45, 2.75) is 6.18 Å². The van der Waals surface area contributed by atoms with Crippen molar-refractivity contribution in [2.24, 2.45) is 0 Å². The van der Waals surface area contributed by atoms with Crippen LogP contribution in [0, 0.1) is 0 Å². The summed E-state index contributed by atoms with van der Waals surface area (Å²) in [4.78, 5) is 0. The number of alkyl halides is 3. The molecule has 0 aromatic heterocycles. The molecule has 0 unspecified atom stereocenters. The van der Waals surface area contributed by atoms with E-state index >= 15 is 0 Å². The first-order valence-corrected chi connectivity index (χ1v) is 3.73. The van der Waals surface area contributed by atoms with Crippen LogP contribution >= 0.6 is 11.6 Å². The zero-order chi connectivity index (χ0) is 10.1. The number of hydrogen-bond acceptors (Lipinski definition) is 1. The first kappa shape index (κ1) is 10.2. The number of rotatable bonds is 1. The minimum atomic E-state index is -4.41. The van der Waals surface area contributed by atoms with Crippen molar-refractivity contribution < 1.29 is 17.9 Å². The molecule has 0 N–H and O–H groups in total. The number of benzene rings is 1. The third kappa shape index (κ3) is 2.28. The molecule has 0 heterocycles. The minimum absolute atomic E-state index is 0.213. The monoisotopic (exact) mass is 210 g/mol. The quantitative estimate of drug-likeness (QED) is 0.691. The molecule has 1 rings (SSSR count). The van der Waals surface area contributed by atoms with Crippen LogP contribution in [0.4, 0.5) is 13.2 Å². The summed E-state index contributed by atoms with van der Waals surface area (Å²) in [5.74, 6) is -0.264. The Balaban J connectivity index is 3.22. The second-order valence-corrected chi connectivity index (χ2v) is 2.78. The predicted molar refractivity (Wildman–Crippen MR) is 43.0 cm³/mol. The summed E-state index contributed by atoms with van der Waals surface area (Å²) in [6.07, 6.45) is -4.41. The second-order valence-electron chi connectivity index (χ2n) is 2.34. The normalized spacial score (nSPS) is 11.5. The second kappa shape index (κ2) is 3.46. The van der Waals surface area contributed by atoms with E-state index in [1.165, 1.54) is 13.2 Å². The fourth-order valence-corrected chi connectivity index (χ4v) is 1.06. The molecule has 0 aliphatic rings. The van der Waals surface area contributed by atoms with Crippen LogP contribution in [0.3, 0.4) is 0 Å². The Bertz CT molecular complexity index is 309. The highest BCUT2D eigenvalue weighted by atomic mass is 35.5. The van der Waals surface area contributed by atoms with Gasteiger partial charge in [-0.1, -0.05) is 11.6 Å². The molecule has 0 saturated carbocycles. The molecule has 0 saturated heterocycles. The molecular formula is C8H6ClF3O. The van der Waals surface area contributed by atoms with E-state index in [1.54, 1.807) is 0 Å². The lowest BCUT2D eigenvalue weighted by molar-refractivity contribution is -0.138. The molecule has 13 heavy (non-hydrogen) atoms. The van der Waals surface area contributed by atoms with Crippen LogP contribution in [0.15, 0.2) is 18.2 Å². The lowest BCUT2D eigenvalue weighted by Crippen LogP contribution is -2.06. The molecule has 0 radical (unpaired) electrons. The van der Waals surface area contributed by atoms with Crippen molar-refractivity contribution in [3.05, 3.63) is 28.8 Å². The molecule has 5 heteroatoms. The van der Waals surface area contributed by atoms with E-state index in [0.29, 0.717) is 0 Å². The highest BCUT2D eigenvalue weighted by molar-refractivity contribution is 6.30. The zero-order valence-corrected chi connectivity index (χ0v) is 7.41. The first-order valence-electron chi connectivity index (χ1n) is 3.36. The molecule has 0 fully saturated rings. The summed E-state index contributed by atoms with van der Waals surface area (Å²) in [7, 11) is 1.17. The molecule has 1 aromatic carbocycles. The number of methoxy groups -OCH3 is 1. The summed E-state index contributed by atoms with van der Waals surface area (Å²) < 4.78 is 41.3. The van der Waals surface area contributed by atoms with Crippen LogP contribution in [0.1, 0.15) is 5.56 Å². The van der Waals surface area contributed by atoms with Crippen molar-refractivity contribution in [1.82, 2.24) is 0 Å². The van der Waals surface area contributed by atoms with E-state index in [9.17, 15) is 13.2 Å². The van der Waals surface area contributed by atoms with Gasteiger partial charge in [0.2, 0.25) is 0 Å². The molecule has 0 atom stereocenters. The molecule has 0 aliphatic carbocycles. The maximum Gasteiger partial charge on any atom is 0.419 e. The van der Waals surface area contributed by atoms with Gasteiger partial charge >= 0.3 is 6.18 Å². The highest BCUT2D eigenvalue weighted by Crippen LogP contribution is 2.37. The molecular weight excluding hydrogens is 205 g/mol. The van der Waals surface area contributed by atoms with Gasteiger partial charge in [-0.3, -0.25) is 0 Å². The van der Waals surface area contributed by atoms with E-state index in [4.69, 9.17) is 11.6 Å². The Morgan fingerprint density at radius 3 is 2.38 bits per heavy atom. The van der Waals surface area contributed by atoms with Gasteiger partial charge in [0.1, 0.15) is 5.75 Å². The summed E-state index contributed by atoms with van der Waals surface area (Å²) in [6, 6.07) is 3.19. The van der Waals surface area contributed by atoms with E-state index < -0.39 is 11.7 Å². The Morgan fingerprint density at radius 1 is 1.31 bits per heavy atom. The third-order valence-electron chi connectivity index (χ3n) is 1.47. The Kier molecular flexibility index (Phi) is 2.71. The Morgan fingerprint density at radius 2 is 1.92 bits per heavy atom. The third-order valence-corrected chi connectivity index (χ3v) is 1.70. The average molecular weight is 211 g/mol. The van der Waals surface area contributed by atoms with Crippen LogP contribution in [0.5, 0.6) is 5.75 Å². The van der Waals surface area contributed by atoms with Gasteiger partial charge < -0.3 is 4.74 Å². The molecule has 1 nitrogen and oxygen atoms in total. The van der Waals surface area contributed by atoms with Crippen LogP contribution in [-0.4, -0.2) is 7.11 Å². The van der Waals surface area contributed by atoms with Crippen LogP contribution in [0.25, 0.3) is 0 Å². The molecule has 0 amide bonds. The number of halogens is 4. The van der Waals surface area contributed by atoms with Crippen LogP contribution in [0.2, 0.25) is 5.02 Å². The standard InChI is InChI=1S/C8H6ClF3O/c1-13-7-4-5(9)2-3-6(7)8(10,11)12/h2-4H,1H3. The largest absolute Gasteiger partial charge is 0.496 e. The summed E-state index contributed by atoms with van der Waals surface area (Å²) in [6.45, 7) is 0. The van der Waals surface area contributed by atoms with Gasteiger partial charge in [0.05, 0.1) is 12.7 Å². The zero-order valence-electron chi connectivity index (χ0n) is 6.65. The lowest BCUT2D eigenvalue weighted by Gasteiger charge is -2.11. The molecule has 0 aliphatic heterocycles. The molecule has 72 valence electrons. The van der Waals surface area contributed by atoms with E-state index in [-0.39, 0.29) is 10.8 Å². The van der Waals surface area contributed by atoms with E-state index in [1.807, 2.05) is 0 Å². The summed E-state index contributed by atoms with van der Waals surface area (Å²) in [5.41, 5.74) is -0.820. The maximum atomic E-state index is 12.2. The summed E-state index contributed by atoms with van der Waals surface area (Å²) in [5, 5.41) is 0.213. The van der Waals surface area contributed by atoms with Gasteiger partial charge in [0.15, 0.2) is 0 Å². The van der Waals surface area contributed by atoms with Gasteiger partial charge in [0, 0.05) is 5.02 Å². The van der Waals surface area contributed by atoms with Crippen molar-refractivity contribution in [1.29, 1.82) is 0 Å². The first-order chi connectivity index (χ1) is 5.95.